The summed E-state index contributed by atoms with van der Waals surface area (Å²) >= 11 is 0. The third kappa shape index (κ3) is 2.32. The van der Waals surface area contributed by atoms with Gasteiger partial charge in [-0.3, -0.25) is 0 Å². The zero-order chi connectivity index (χ0) is 11.2. The van der Waals surface area contributed by atoms with E-state index in [1.165, 1.54) is 0 Å². The highest BCUT2D eigenvalue weighted by atomic mass is 13.9. The second-order valence-electron chi connectivity index (χ2n) is 3.29. The molecule has 0 amide bonds. The van der Waals surface area contributed by atoms with Gasteiger partial charge in [-0.25, -0.2) is 0 Å². The highest BCUT2D eigenvalue weighted by Crippen LogP contribution is 2.05. The van der Waals surface area contributed by atoms with Crippen LogP contribution in [0.5, 0.6) is 0 Å². The van der Waals surface area contributed by atoms with E-state index in [4.69, 9.17) is 6.42 Å². The highest BCUT2D eigenvalue weighted by molar-refractivity contribution is 5.51. The van der Waals surface area contributed by atoms with Crippen LogP contribution in [-0.2, 0) is 0 Å². The van der Waals surface area contributed by atoms with Crippen LogP contribution in [-0.4, -0.2) is 0 Å². The summed E-state index contributed by atoms with van der Waals surface area (Å²) in [6.45, 7) is 0. The summed E-state index contributed by atoms with van der Waals surface area (Å²) in [7, 11) is 0. The Morgan fingerprint density at radius 2 is 1.31 bits per heavy atom. The minimum Gasteiger partial charge on any atom is -0.0622 e. The van der Waals surface area contributed by atoms with Crippen LogP contribution in [0.4, 0.5) is 0 Å². The van der Waals surface area contributed by atoms with Gasteiger partial charge in [0.15, 0.2) is 0 Å². The van der Waals surface area contributed by atoms with Crippen molar-refractivity contribution in [2.45, 2.75) is 0 Å². The van der Waals surface area contributed by atoms with Crippen LogP contribution in [0.15, 0.2) is 54.6 Å². The van der Waals surface area contributed by atoms with Gasteiger partial charge in [0.25, 0.3) is 0 Å². The van der Waals surface area contributed by atoms with Crippen molar-refractivity contribution in [3.8, 4) is 17.8 Å². The van der Waals surface area contributed by atoms with Gasteiger partial charge in [0.1, 0.15) is 0 Å². The van der Waals surface area contributed by atoms with Crippen LogP contribution in [0.1, 0.15) is 16.7 Å². The molecule has 0 fully saturated rings. The first kappa shape index (κ1) is 10.1. The summed E-state index contributed by atoms with van der Waals surface area (Å²) in [6, 6.07) is 17.3. The molecule has 0 spiro atoms. The molecular formula is C16H9. The maximum absolute atomic E-state index is 7.15. The normalized spacial score (nSPS) is 8.69. The Morgan fingerprint density at radius 1 is 0.688 bits per heavy atom. The number of hydrogen-bond acceptors (Lipinski definition) is 0. The van der Waals surface area contributed by atoms with Gasteiger partial charge in [-0.15, -0.1) is 0 Å². The molecule has 0 nitrogen and oxygen atoms in total. The van der Waals surface area contributed by atoms with Gasteiger partial charge in [-0.05, 0) is 30.7 Å². The standard InChI is InChI=1S/C16H9/c1-2-15-10-6-7-11-16(15)13-12-14-8-4-3-5-9-14/h3-11H. The maximum atomic E-state index is 7.15. The van der Waals surface area contributed by atoms with E-state index in [0.29, 0.717) is 0 Å². The van der Waals surface area contributed by atoms with Crippen molar-refractivity contribution in [1.29, 1.82) is 0 Å². The Balaban J connectivity index is 2.36. The highest BCUT2D eigenvalue weighted by Gasteiger charge is 1.93. The van der Waals surface area contributed by atoms with Gasteiger partial charge >= 0.3 is 0 Å². The number of benzene rings is 2. The molecule has 0 heterocycles. The Kier molecular flexibility index (Phi) is 3.07. The molecule has 16 heavy (non-hydrogen) atoms. The molecule has 0 saturated heterocycles. The van der Waals surface area contributed by atoms with Gasteiger partial charge in [0, 0.05) is 16.7 Å². The Hall–Kier alpha value is -2.44. The van der Waals surface area contributed by atoms with Gasteiger partial charge in [-0.2, -0.15) is 0 Å². The fraction of sp³-hybridized carbons (Fsp3) is 0. The molecule has 0 atom stereocenters. The summed E-state index contributed by atoms with van der Waals surface area (Å²) in [5, 5.41) is 0. The molecule has 0 heteroatoms. The van der Waals surface area contributed by atoms with E-state index in [1.807, 2.05) is 54.6 Å². The average molecular weight is 201 g/mol. The summed E-state index contributed by atoms with van der Waals surface area (Å²) < 4.78 is 0. The lowest BCUT2D eigenvalue weighted by atomic mass is 10.1. The van der Waals surface area contributed by atoms with Crippen molar-refractivity contribution in [2.24, 2.45) is 0 Å². The Labute approximate surface area is 95.9 Å². The predicted molar refractivity (Wildman–Crippen MR) is 65.1 cm³/mol. The molecule has 0 N–H and O–H groups in total. The molecule has 0 aromatic heterocycles. The van der Waals surface area contributed by atoms with E-state index in [0.717, 1.165) is 16.7 Å². The second-order valence-corrected chi connectivity index (χ2v) is 3.29. The smallest absolute Gasteiger partial charge is 0.0412 e. The zero-order valence-corrected chi connectivity index (χ0v) is 8.70. The van der Waals surface area contributed by atoms with E-state index in [2.05, 4.69) is 17.8 Å². The maximum Gasteiger partial charge on any atom is 0.0412 e. The quantitative estimate of drug-likeness (QED) is 0.575. The molecule has 0 saturated carbocycles. The Bertz CT molecular complexity index is 575. The zero-order valence-electron chi connectivity index (χ0n) is 8.70. The molecular weight excluding hydrogens is 192 g/mol. The summed E-state index contributed by atoms with van der Waals surface area (Å²) in [5.41, 5.74) is 2.54. The van der Waals surface area contributed by atoms with E-state index >= 15 is 0 Å². The van der Waals surface area contributed by atoms with E-state index in [9.17, 15) is 0 Å². The molecule has 2 aromatic rings. The first-order chi connectivity index (χ1) is 7.90. The number of rotatable bonds is 0. The van der Waals surface area contributed by atoms with Crippen molar-refractivity contribution in [2.75, 3.05) is 0 Å². The molecule has 0 aliphatic carbocycles. The van der Waals surface area contributed by atoms with Crippen molar-refractivity contribution in [3.63, 3.8) is 0 Å². The van der Waals surface area contributed by atoms with Crippen LogP contribution in [0, 0.1) is 24.2 Å². The first-order valence-corrected chi connectivity index (χ1v) is 4.99. The second kappa shape index (κ2) is 4.87. The third-order valence-corrected chi connectivity index (χ3v) is 2.18. The third-order valence-electron chi connectivity index (χ3n) is 2.18. The van der Waals surface area contributed by atoms with Crippen LogP contribution >= 0.6 is 0 Å². The fourth-order valence-electron chi connectivity index (χ4n) is 1.36. The lowest BCUT2D eigenvalue weighted by Crippen LogP contribution is -1.81. The number of hydrogen-bond donors (Lipinski definition) is 0. The first-order valence-electron chi connectivity index (χ1n) is 4.99. The van der Waals surface area contributed by atoms with Crippen LogP contribution in [0.2, 0.25) is 0 Å². The fourth-order valence-corrected chi connectivity index (χ4v) is 1.36. The van der Waals surface area contributed by atoms with Gasteiger partial charge < -0.3 is 0 Å². The van der Waals surface area contributed by atoms with E-state index < -0.39 is 0 Å². The molecule has 2 rings (SSSR count). The molecule has 0 aliphatic heterocycles. The summed E-state index contributed by atoms with van der Waals surface area (Å²) in [6.07, 6.45) is 7.15. The topological polar surface area (TPSA) is 0 Å². The molecule has 0 unspecified atom stereocenters. The van der Waals surface area contributed by atoms with Gasteiger partial charge in [0.2, 0.25) is 0 Å². The molecule has 73 valence electrons. The Morgan fingerprint density at radius 3 is 2.00 bits per heavy atom. The molecule has 0 bridgehead atoms. The van der Waals surface area contributed by atoms with Crippen molar-refractivity contribution < 1.29 is 0 Å². The van der Waals surface area contributed by atoms with Crippen molar-refractivity contribution in [3.05, 3.63) is 77.7 Å². The lowest BCUT2D eigenvalue weighted by molar-refractivity contribution is 1.58. The van der Waals surface area contributed by atoms with Crippen molar-refractivity contribution >= 4 is 0 Å². The van der Waals surface area contributed by atoms with Crippen LogP contribution in [0.3, 0.4) is 0 Å². The monoisotopic (exact) mass is 201 g/mol. The average Bonchev–Trinajstić information content (AvgIpc) is 2.38. The lowest BCUT2D eigenvalue weighted by Gasteiger charge is -1.94. The SMILES string of the molecule is [C]#Cc1ccccc1C#Cc1ccccc1. The minimum atomic E-state index is 0.728. The largest absolute Gasteiger partial charge is 0.0622 e. The predicted octanol–water partition coefficient (Wildman–Crippen LogP) is 3.02. The summed E-state index contributed by atoms with van der Waals surface area (Å²) in [5.74, 6) is 8.49. The van der Waals surface area contributed by atoms with E-state index in [1.54, 1.807) is 0 Å². The van der Waals surface area contributed by atoms with Crippen LogP contribution in [0.25, 0.3) is 0 Å². The molecule has 1 radical (unpaired) electrons. The van der Waals surface area contributed by atoms with Crippen molar-refractivity contribution in [1.82, 2.24) is 0 Å². The molecule has 2 aromatic carbocycles. The summed E-state index contributed by atoms with van der Waals surface area (Å²) in [4.78, 5) is 0. The van der Waals surface area contributed by atoms with E-state index in [-0.39, 0.29) is 0 Å². The van der Waals surface area contributed by atoms with Gasteiger partial charge in [-0.1, -0.05) is 48.1 Å². The molecule has 0 aliphatic rings. The minimum absolute atomic E-state index is 0.728. The van der Waals surface area contributed by atoms with Gasteiger partial charge in [0.05, 0.1) is 0 Å². The van der Waals surface area contributed by atoms with Crippen LogP contribution < -0.4 is 0 Å².